The number of rotatable bonds is 10. The second kappa shape index (κ2) is 11.7. The summed E-state index contributed by atoms with van der Waals surface area (Å²) in [7, 11) is 1.60. The number of nitrogens with zero attached hydrogens (tertiary/aromatic N) is 1. The van der Waals surface area contributed by atoms with E-state index in [0.717, 1.165) is 41.0 Å². The highest BCUT2D eigenvalue weighted by molar-refractivity contribution is 6.32. The van der Waals surface area contributed by atoms with E-state index in [9.17, 15) is 9.59 Å². The Balaban J connectivity index is 1.77. The lowest BCUT2D eigenvalue weighted by Gasteiger charge is -2.22. The molecule has 1 aromatic heterocycles. The number of furan rings is 1. The Bertz CT molecular complexity index is 1080. The fourth-order valence-electron chi connectivity index (χ4n) is 3.80. The Labute approximate surface area is 199 Å². The number of benzene rings is 2. The molecule has 0 fully saturated rings. The molecule has 0 saturated carbocycles. The minimum Gasteiger partial charge on any atom is -0.468 e. The Morgan fingerprint density at radius 1 is 1.00 bits per heavy atom. The van der Waals surface area contributed by atoms with E-state index in [1.54, 1.807) is 25.4 Å². The number of aryl methyl sites for hydroxylation is 1. The number of carbonyl (C=O) groups is 2. The molecule has 0 aliphatic carbocycles. The zero-order chi connectivity index (χ0) is 23.8. The first-order valence-corrected chi connectivity index (χ1v) is 11.5. The van der Waals surface area contributed by atoms with Crippen LogP contribution < -0.4 is 10.6 Å². The lowest BCUT2D eigenvalue weighted by Crippen LogP contribution is -2.33. The van der Waals surface area contributed by atoms with E-state index in [4.69, 9.17) is 16.0 Å². The molecular formula is C26H30ClN3O3. The molecule has 0 aliphatic rings. The highest BCUT2D eigenvalue weighted by Gasteiger charge is 2.17. The molecule has 3 aromatic rings. The van der Waals surface area contributed by atoms with Gasteiger partial charge in [-0.2, -0.15) is 0 Å². The molecule has 0 aliphatic heterocycles. The fraction of sp³-hybridized carbons (Fsp3) is 0.308. The molecule has 2 amide bonds. The van der Waals surface area contributed by atoms with Crippen LogP contribution in [0.1, 0.15) is 46.7 Å². The Kier molecular flexibility index (Phi) is 8.69. The summed E-state index contributed by atoms with van der Waals surface area (Å²) in [6, 6.07) is 14.9. The summed E-state index contributed by atoms with van der Waals surface area (Å²) in [4.78, 5) is 26.9. The standard InChI is InChI=1S/C26H30ClN3O3/c1-4-19-12-13-23(27)22(5-2)25(19)29-24(31)17-30(16-21-7-6-14-33-21)15-18-8-10-20(11-9-18)26(32)28-3/h6-14H,4-5,15-17H2,1-3H3,(H,28,32)(H,29,31). The summed E-state index contributed by atoms with van der Waals surface area (Å²) in [5.41, 5.74) is 4.41. The average molecular weight is 468 g/mol. The molecule has 2 N–H and O–H groups in total. The maximum Gasteiger partial charge on any atom is 0.251 e. The van der Waals surface area contributed by atoms with E-state index < -0.39 is 0 Å². The van der Waals surface area contributed by atoms with Crippen LogP contribution in [0.4, 0.5) is 5.69 Å². The summed E-state index contributed by atoms with van der Waals surface area (Å²) < 4.78 is 5.51. The zero-order valence-electron chi connectivity index (χ0n) is 19.3. The predicted molar refractivity (Wildman–Crippen MR) is 131 cm³/mol. The molecule has 0 radical (unpaired) electrons. The Morgan fingerprint density at radius 3 is 2.36 bits per heavy atom. The first-order valence-electron chi connectivity index (χ1n) is 11.1. The van der Waals surface area contributed by atoms with Gasteiger partial charge >= 0.3 is 0 Å². The third-order valence-electron chi connectivity index (χ3n) is 5.52. The van der Waals surface area contributed by atoms with Crippen molar-refractivity contribution in [2.45, 2.75) is 39.8 Å². The molecule has 33 heavy (non-hydrogen) atoms. The first-order chi connectivity index (χ1) is 15.9. The topological polar surface area (TPSA) is 74.6 Å². The van der Waals surface area contributed by atoms with Crippen molar-refractivity contribution in [1.82, 2.24) is 10.2 Å². The smallest absolute Gasteiger partial charge is 0.251 e. The van der Waals surface area contributed by atoms with Gasteiger partial charge < -0.3 is 15.1 Å². The van der Waals surface area contributed by atoms with Crippen LogP contribution in [0.5, 0.6) is 0 Å². The van der Waals surface area contributed by atoms with Crippen LogP contribution in [0.3, 0.4) is 0 Å². The maximum absolute atomic E-state index is 13.1. The number of carbonyl (C=O) groups excluding carboxylic acids is 2. The van der Waals surface area contributed by atoms with Crippen molar-refractivity contribution in [2.75, 3.05) is 18.9 Å². The fourth-order valence-corrected chi connectivity index (χ4v) is 4.09. The number of anilines is 1. The molecular weight excluding hydrogens is 438 g/mol. The average Bonchev–Trinajstić information content (AvgIpc) is 3.32. The Morgan fingerprint density at radius 2 is 1.76 bits per heavy atom. The number of halogens is 1. The van der Waals surface area contributed by atoms with E-state index in [1.165, 1.54) is 0 Å². The van der Waals surface area contributed by atoms with Crippen LogP contribution in [0, 0.1) is 0 Å². The molecule has 1 heterocycles. The summed E-state index contributed by atoms with van der Waals surface area (Å²) in [6.45, 7) is 5.27. The third kappa shape index (κ3) is 6.46. The molecule has 3 rings (SSSR count). The van der Waals surface area contributed by atoms with Crippen molar-refractivity contribution in [3.8, 4) is 0 Å². The van der Waals surface area contributed by atoms with Crippen LogP contribution >= 0.6 is 11.6 Å². The van der Waals surface area contributed by atoms with E-state index >= 15 is 0 Å². The maximum atomic E-state index is 13.1. The first kappa shape index (κ1) is 24.6. The normalized spacial score (nSPS) is 10.9. The van der Waals surface area contributed by atoms with Crippen molar-refractivity contribution < 1.29 is 14.0 Å². The van der Waals surface area contributed by atoms with Crippen molar-refractivity contribution in [1.29, 1.82) is 0 Å². The summed E-state index contributed by atoms with van der Waals surface area (Å²) in [5, 5.41) is 6.38. The van der Waals surface area contributed by atoms with Crippen molar-refractivity contribution in [3.63, 3.8) is 0 Å². The molecule has 6 nitrogen and oxygen atoms in total. The Hall–Kier alpha value is -3.09. The third-order valence-corrected chi connectivity index (χ3v) is 5.87. The molecule has 174 valence electrons. The number of amides is 2. The van der Waals surface area contributed by atoms with Gasteiger partial charge in [0.1, 0.15) is 5.76 Å². The van der Waals surface area contributed by atoms with E-state index in [2.05, 4.69) is 17.6 Å². The molecule has 0 atom stereocenters. The van der Waals surface area contributed by atoms with Gasteiger partial charge in [0.05, 0.1) is 19.4 Å². The van der Waals surface area contributed by atoms with Gasteiger partial charge in [0, 0.05) is 29.9 Å². The summed E-state index contributed by atoms with van der Waals surface area (Å²) >= 11 is 6.39. The number of nitrogens with one attached hydrogen (secondary N) is 2. The van der Waals surface area contributed by atoms with Crippen LogP contribution in [0.2, 0.25) is 5.02 Å². The largest absolute Gasteiger partial charge is 0.468 e. The quantitative estimate of drug-likeness (QED) is 0.437. The second-order valence-electron chi connectivity index (χ2n) is 7.82. The monoisotopic (exact) mass is 467 g/mol. The lowest BCUT2D eigenvalue weighted by molar-refractivity contribution is -0.117. The summed E-state index contributed by atoms with van der Waals surface area (Å²) in [6.07, 6.45) is 3.16. The molecule has 0 saturated heterocycles. The van der Waals surface area contributed by atoms with E-state index in [1.807, 2.05) is 48.2 Å². The van der Waals surface area contributed by atoms with Gasteiger partial charge in [-0.1, -0.05) is 43.6 Å². The van der Waals surface area contributed by atoms with Crippen molar-refractivity contribution in [3.05, 3.63) is 87.8 Å². The van der Waals surface area contributed by atoms with Crippen molar-refractivity contribution in [2.24, 2.45) is 0 Å². The van der Waals surface area contributed by atoms with E-state index in [0.29, 0.717) is 23.7 Å². The van der Waals surface area contributed by atoms with Crippen LogP contribution in [-0.4, -0.2) is 30.3 Å². The number of hydrogen-bond acceptors (Lipinski definition) is 4. The highest BCUT2D eigenvalue weighted by Crippen LogP contribution is 2.29. The van der Waals surface area contributed by atoms with E-state index in [-0.39, 0.29) is 18.4 Å². The molecule has 0 unspecified atom stereocenters. The molecule has 7 heteroatoms. The SMILES string of the molecule is CCc1ccc(Cl)c(CC)c1NC(=O)CN(Cc1ccc(C(=O)NC)cc1)Cc1ccco1. The highest BCUT2D eigenvalue weighted by atomic mass is 35.5. The van der Waals surface area contributed by atoms with Gasteiger partial charge in [0.25, 0.3) is 5.91 Å². The minimum absolute atomic E-state index is 0.116. The lowest BCUT2D eigenvalue weighted by atomic mass is 10.0. The molecule has 2 aromatic carbocycles. The van der Waals surface area contributed by atoms with Crippen LogP contribution in [0.15, 0.2) is 59.2 Å². The van der Waals surface area contributed by atoms with Crippen LogP contribution in [0.25, 0.3) is 0 Å². The minimum atomic E-state index is -0.131. The molecule has 0 bridgehead atoms. The van der Waals surface area contributed by atoms with Crippen LogP contribution in [-0.2, 0) is 30.7 Å². The van der Waals surface area contributed by atoms with Gasteiger partial charge in [-0.05, 0) is 59.9 Å². The zero-order valence-corrected chi connectivity index (χ0v) is 20.0. The van der Waals surface area contributed by atoms with Gasteiger partial charge in [-0.15, -0.1) is 0 Å². The number of hydrogen-bond donors (Lipinski definition) is 2. The second-order valence-corrected chi connectivity index (χ2v) is 8.22. The molecule has 0 spiro atoms. The van der Waals surface area contributed by atoms with Gasteiger partial charge in [-0.3, -0.25) is 14.5 Å². The predicted octanol–water partition coefficient (Wildman–Crippen LogP) is 5.06. The summed E-state index contributed by atoms with van der Waals surface area (Å²) in [5.74, 6) is 0.527. The van der Waals surface area contributed by atoms with Gasteiger partial charge in [0.15, 0.2) is 0 Å². The van der Waals surface area contributed by atoms with Crippen molar-refractivity contribution >= 4 is 29.1 Å². The van der Waals surface area contributed by atoms with Gasteiger partial charge in [0.2, 0.25) is 5.91 Å². The van der Waals surface area contributed by atoms with Gasteiger partial charge in [-0.25, -0.2) is 0 Å².